The molecular formula is C24H18N2. The number of nitrogen functional groups attached to an aromatic ring is 1. The Morgan fingerprint density at radius 1 is 0.615 bits per heavy atom. The Morgan fingerprint density at radius 3 is 2.08 bits per heavy atom. The Kier molecular flexibility index (Phi) is 3.29. The van der Waals surface area contributed by atoms with Crippen LogP contribution in [0.25, 0.3) is 38.6 Å². The van der Waals surface area contributed by atoms with Crippen molar-refractivity contribution in [2.75, 3.05) is 5.73 Å². The van der Waals surface area contributed by atoms with E-state index in [2.05, 4.69) is 83.4 Å². The van der Waals surface area contributed by atoms with E-state index in [9.17, 15) is 0 Å². The van der Waals surface area contributed by atoms with Gasteiger partial charge in [-0.3, -0.25) is 0 Å². The normalized spacial score (nSPS) is 11.2. The summed E-state index contributed by atoms with van der Waals surface area (Å²) in [7, 11) is 0. The van der Waals surface area contributed by atoms with Crippen LogP contribution in [0, 0.1) is 0 Å². The van der Waals surface area contributed by atoms with Gasteiger partial charge in [-0.15, -0.1) is 0 Å². The van der Waals surface area contributed by atoms with E-state index in [-0.39, 0.29) is 0 Å². The fourth-order valence-corrected chi connectivity index (χ4v) is 3.85. The van der Waals surface area contributed by atoms with Gasteiger partial charge in [0.15, 0.2) is 0 Å². The van der Waals surface area contributed by atoms with Gasteiger partial charge < -0.3 is 10.3 Å². The highest BCUT2D eigenvalue weighted by Gasteiger charge is 2.17. The number of fused-ring (bicyclic) bond motifs is 3. The number of hydrogen-bond acceptors (Lipinski definition) is 1. The van der Waals surface area contributed by atoms with E-state index in [1.165, 1.54) is 27.4 Å². The number of rotatable bonds is 2. The quantitative estimate of drug-likeness (QED) is 0.392. The average Bonchev–Trinajstić information content (AvgIpc) is 3.05. The molecule has 5 aromatic rings. The minimum Gasteiger partial charge on any atom is -0.397 e. The minimum atomic E-state index is 0.793. The van der Waals surface area contributed by atoms with Crippen LogP contribution in [0.4, 0.5) is 5.69 Å². The number of anilines is 1. The van der Waals surface area contributed by atoms with Gasteiger partial charge in [0.2, 0.25) is 0 Å². The van der Waals surface area contributed by atoms with Crippen LogP contribution in [0.1, 0.15) is 0 Å². The van der Waals surface area contributed by atoms with E-state index in [0.717, 1.165) is 16.9 Å². The molecule has 0 saturated heterocycles. The molecule has 0 radical (unpaired) electrons. The smallest absolute Gasteiger partial charge is 0.0771 e. The molecule has 2 nitrogen and oxygen atoms in total. The molecule has 124 valence electrons. The molecule has 0 aliphatic carbocycles. The van der Waals surface area contributed by atoms with Crippen LogP contribution in [0.2, 0.25) is 0 Å². The van der Waals surface area contributed by atoms with E-state index in [1.807, 2.05) is 18.2 Å². The third kappa shape index (κ3) is 2.12. The third-order valence-corrected chi connectivity index (χ3v) is 4.94. The maximum atomic E-state index is 6.43. The Bertz CT molecular complexity index is 1220. The molecule has 2 heteroatoms. The van der Waals surface area contributed by atoms with Gasteiger partial charge in [0, 0.05) is 16.5 Å². The van der Waals surface area contributed by atoms with Crippen LogP contribution >= 0.6 is 0 Å². The second kappa shape index (κ2) is 5.78. The SMILES string of the molecule is Nc1cccc2c3c(-c4ccccc4)cccc3n(-c3ccccc3)c12. The molecule has 0 atom stereocenters. The van der Waals surface area contributed by atoms with Gasteiger partial charge in [-0.2, -0.15) is 0 Å². The molecule has 0 saturated carbocycles. The van der Waals surface area contributed by atoms with Gasteiger partial charge in [-0.1, -0.05) is 72.8 Å². The summed E-state index contributed by atoms with van der Waals surface area (Å²) < 4.78 is 2.27. The summed E-state index contributed by atoms with van der Waals surface area (Å²) in [5.74, 6) is 0. The zero-order valence-corrected chi connectivity index (χ0v) is 14.3. The number of nitrogens with zero attached hydrogens (tertiary/aromatic N) is 1. The standard InChI is InChI=1S/C24H18N2/c25-21-15-7-14-20-23-19(17-9-3-1-4-10-17)13-8-16-22(23)26(24(20)21)18-11-5-2-6-12-18/h1-16H,25H2. The molecule has 0 unspecified atom stereocenters. The Hall–Kier alpha value is -3.52. The summed E-state index contributed by atoms with van der Waals surface area (Å²) in [5.41, 5.74) is 13.0. The molecule has 1 heterocycles. The molecule has 0 spiro atoms. The largest absolute Gasteiger partial charge is 0.397 e. The van der Waals surface area contributed by atoms with Crippen molar-refractivity contribution in [3.05, 3.63) is 97.1 Å². The first-order valence-corrected chi connectivity index (χ1v) is 8.77. The lowest BCUT2D eigenvalue weighted by Crippen LogP contribution is -1.96. The zero-order valence-electron chi connectivity index (χ0n) is 14.3. The summed E-state index contributed by atoms with van der Waals surface area (Å²) in [6, 6.07) is 33.6. The van der Waals surface area contributed by atoms with E-state index < -0.39 is 0 Å². The monoisotopic (exact) mass is 334 g/mol. The fraction of sp³-hybridized carbons (Fsp3) is 0. The van der Waals surface area contributed by atoms with Crippen LogP contribution < -0.4 is 5.73 Å². The molecular weight excluding hydrogens is 316 g/mol. The number of hydrogen-bond donors (Lipinski definition) is 1. The van der Waals surface area contributed by atoms with Crippen LogP contribution in [-0.2, 0) is 0 Å². The maximum Gasteiger partial charge on any atom is 0.0771 e. The van der Waals surface area contributed by atoms with Gasteiger partial charge >= 0.3 is 0 Å². The van der Waals surface area contributed by atoms with E-state index in [0.29, 0.717) is 0 Å². The number of benzene rings is 4. The number of nitrogens with two attached hydrogens (primary N) is 1. The summed E-state index contributed by atoms with van der Waals surface area (Å²) in [6.45, 7) is 0. The Morgan fingerprint density at radius 2 is 1.31 bits per heavy atom. The van der Waals surface area contributed by atoms with E-state index in [1.54, 1.807) is 0 Å². The van der Waals surface area contributed by atoms with Crippen molar-refractivity contribution >= 4 is 27.5 Å². The van der Waals surface area contributed by atoms with Crippen molar-refractivity contribution < 1.29 is 0 Å². The lowest BCUT2D eigenvalue weighted by Gasteiger charge is -2.09. The number of para-hydroxylation sites is 2. The van der Waals surface area contributed by atoms with Crippen molar-refractivity contribution in [2.45, 2.75) is 0 Å². The van der Waals surface area contributed by atoms with Gasteiger partial charge in [0.05, 0.1) is 16.7 Å². The predicted octanol–water partition coefficient (Wildman–Crippen LogP) is 6.03. The lowest BCUT2D eigenvalue weighted by molar-refractivity contribution is 1.18. The van der Waals surface area contributed by atoms with Gasteiger partial charge in [0.1, 0.15) is 0 Å². The van der Waals surface area contributed by atoms with Crippen LogP contribution in [0.15, 0.2) is 97.1 Å². The second-order valence-corrected chi connectivity index (χ2v) is 6.48. The molecule has 0 aliphatic heterocycles. The summed E-state index contributed by atoms with van der Waals surface area (Å²) in [6.07, 6.45) is 0. The first-order chi connectivity index (χ1) is 12.8. The maximum absolute atomic E-state index is 6.43. The molecule has 4 aromatic carbocycles. The topological polar surface area (TPSA) is 30.9 Å². The van der Waals surface area contributed by atoms with E-state index >= 15 is 0 Å². The van der Waals surface area contributed by atoms with Crippen molar-refractivity contribution in [3.63, 3.8) is 0 Å². The molecule has 2 N–H and O–H groups in total. The first kappa shape index (κ1) is 14.8. The Balaban J connectivity index is 1.99. The highest BCUT2D eigenvalue weighted by Crippen LogP contribution is 2.40. The molecule has 1 aromatic heterocycles. The predicted molar refractivity (Wildman–Crippen MR) is 111 cm³/mol. The van der Waals surface area contributed by atoms with Crippen molar-refractivity contribution in [1.29, 1.82) is 0 Å². The molecule has 0 fully saturated rings. The summed E-state index contributed by atoms with van der Waals surface area (Å²) in [5, 5.41) is 2.42. The second-order valence-electron chi connectivity index (χ2n) is 6.48. The van der Waals surface area contributed by atoms with Gasteiger partial charge in [-0.25, -0.2) is 0 Å². The van der Waals surface area contributed by atoms with Crippen LogP contribution in [-0.4, -0.2) is 4.57 Å². The molecule has 26 heavy (non-hydrogen) atoms. The van der Waals surface area contributed by atoms with Crippen molar-refractivity contribution in [3.8, 4) is 16.8 Å². The first-order valence-electron chi connectivity index (χ1n) is 8.77. The van der Waals surface area contributed by atoms with E-state index in [4.69, 9.17) is 5.73 Å². The van der Waals surface area contributed by atoms with Gasteiger partial charge in [0.25, 0.3) is 0 Å². The van der Waals surface area contributed by atoms with Crippen LogP contribution in [0.3, 0.4) is 0 Å². The van der Waals surface area contributed by atoms with Crippen molar-refractivity contribution in [2.24, 2.45) is 0 Å². The zero-order chi connectivity index (χ0) is 17.5. The highest BCUT2D eigenvalue weighted by atomic mass is 15.0. The molecule has 0 bridgehead atoms. The highest BCUT2D eigenvalue weighted by molar-refractivity contribution is 6.18. The summed E-state index contributed by atoms with van der Waals surface area (Å²) >= 11 is 0. The van der Waals surface area contributed by atoms with Gasteiger partial charge in [-0.05, 0) is 35.4 Å². The van der Waals surface area contributed by atoms with Crippen molar-refractivity contribution in [1.82, 2.24) is 4.57 Å². The molecule has 0 aliphatic rings. The Labute approximate surface area is 152 Å². The average molecular weight is 334 g/mol. The summed E-state index contributed by atoms with van der Waals surface area (Å²) in [4.78, 5) is 0. The van der Waals surface area contributed by atoms with Crippen LogP contribution in [0.5, 0.6) is 0 Å². The fourth-order valence-electron chi connectivity index (χ4n) is 3.85. The number of aromatic nitrogens is 1. The lowest BCUT2D eigenvalue weighted by atomic mass is 9.99. The molecule has 5 rings (SSSR count). The third-order valence-electron chi connectivity index (χ3n) is 4.94. The minimum absolute atomic E-state index is 0.793. The molecule has 0 amide bonds.